The van der Waals surface area contributed by atoms with Gasteiger partial charge in [-0.15, -0.1) is 0 Å². The fourth-order valence-corrected chi connectivity index (χ4v) is 3.62. The van der Waals surface area contributed by atoms with Crippen LogP contribution in [0.15, 0.2) is 65.6 Å². The van der Waals surface area contributed by atoms with Crippen molar-refractivity contribution in [3.8, 4) is 5.69 Å². The monoisotopic (exact) mass is 397 g/mol. The zero-order valence-corrected chi connectivity index (χ0v) is 16.7. The topological polar surface area (TPSA) is 94.2 Å². The van der Waals surface area contributed by atoms with Gasteiger partial charge >= 0.3 is 0 Å². The molecule has 146 valence electrons. The van der Waals surface area contributed by atoms with Crippen molar-refractivity contribution < 1.29 is 13.2 Å². The Labute approximate surface area is 165 Å². The van der Waals surface area contributed by atoms with Crippen LogP contribution in [-0.2, 0) is 16.4 Å². The van der Waals surface area contributed by atoms with E-state index in [0.717, 1.165) is 22.6 Å². The lowest BCUT2D eigenvalue weighted by Gasteiger charge is -2.10. The maximum absolute atomic E-state index is 12.3. The highest BCUT2D eigenvalue weighted by atomic mass is 32.2. The maximum Gasteiger partial charge on any atom is 0.251 e. The number of primary sulfonamides is 1. The first kappa shape index (κ1) is 19.9. The lowest BCUT2D eigenvalue weighted by atomic mass is 10.1. The summed E-state index contributed by atoms with van der Waals surface area (Å²) in [4.78, 5) is 12.4. The van der Waals surface area contributed by atoms with Gasteiger partial charge in [-0.05, 0) is 74.4 Å². The molecule has 3 N–H and O–H groups in total. The number of nitrogens with one attached hydrogen (secondary N) is 1. The van der Waals surface area contributed by atoms with Crippen molar-refractivity contribution in [3.63, 3.8) is 0 Å². The van der Waals surface area contributed by atoms with Crippen LogP contribution < -0.4 is 10.5 Å². The fraction of sp³-hybridized carbons (Fsp3) is 0.190. The van der Waals surface area contributed by atoms with Crippen LogP contribution >= 0.6 is 0 Å². The third-order valence-electron chi connectivity index (χ3n) is 4.61. The number of nitrogens with two attached hydrogens (primary N) is 1. The molecule has 0 aliphatic heterocycles. The van der Waals surface area contributed by atoms with Crippen molar-refractivity contribution in [3.05, 3.63) is 83.2 Å². The van der Waals surface area contributed by atoms with Gasteiger partial charge in [-0.25, -0.2) is 13.6 Å². The van der Waals surface area contributed by atoms with Crippen molar-refractivity contribution in [2.45, 2.75) is 25.2 Å². The smallest absolute Gasteiger partial charge is 0.251 e. The Balaban J connectivity index is 1.58. The van der Waals surface area contributed by atoms with Gasteiger partial charge in [0.15, 0.2) is 0 Å². The predicted molar refractivity (Wildman–Crippen MR) is 109 cm³/mol. The zero-order chi connectivity index (χ0) is 20.3. The molecule has 0 unspecified atom stereocenters. The van der Waals surface area contributed by atoms with E-state index < -0.39 is 10.0 Å². The molecule has 2 aromatic carbocycles. The van der Waals surface area contributed by atoms with Crippen molar-refractivity contribution in [2.24, 2.45) is 5.14 Å². The summed E-state index contributed by atoms with van der Waals surface area (Å²) in [5, 5.41) is 7.96. The quantitative estimate of drug-likeness (QED) is 0.670. The number of benzene rings is 2. The van der Waals surface area contributed by atoms with Gasteiger partial charge in [0, 0.05) is 29.2 Å². The van der Waals surface area contributed by atoms with E-state index in [0.29, 0.717) is 18.5 Å². The minimum absolute atomic E-state index is 0.0774. The van der Waals surface area contributed by atoms with Crippen molar-refractivity contribution in [1.29, 1.82) is 0 Å². The molecule has 0 saturated carbocycles. The van der Waals surface area contributed by atoms with Gasteiger partial charge in [0.2, 0.25) is 10.0 Å². The molecule has 0 atom stereocenters. The zero-order valence-electron chi connectivity index (χ0n) is 15.8. The van der Waals surface area contributed by atoms with Crippen LogP contribution in [0.4, 0.5) is 0 Å². The van der Waals surface area contributed by atoms with Crippen LogP contribution in [-0.4, -0.2) is 25.4 Å². The van der Waals surface area contributed by atoms with Gasteiger partial charge in [-0.2, -0.15) is 0 Å². The molecule has 0 saturated heterocycles. The molecule has 1 heterocycles. The molecule has 0 radical (unpaired) electrons. The van der Waals surface area contributed by atoms with Gasteiger partial charge in [0.25, 0.3) is 5.91 Å². The molecule has 3 aromatic rings. The highest BCUT2D eigenvalue weighted by Crippen LogP contribution is 2.17. The summed E-state index contributed by atoms with van der Waals surface area (Å²) in [5.74, 6) is -0.145. The van der Waals surface area contributed by atoms with Gasteiger partial charge in [-0.1, -0.05) is 12.1 Å². The Morgan fingerprint density at radius 2 is 1.50 bits per heavy atom. The Hall–Kier alpha value is -2.90. The van der Waals surface area contributed by atoms with Crippen molar-refractivity contribution in [1.82, 2.24) is 9.88 Å². The first-order valence-corrected chi connectivity index (χ1v) is 10.5. The number of aromatic nitrogens is 1. The summed E-state index contributed by atoms with van der Waals surface area (Å²) in [5.41, 5.74) is 4.81. The molecule has 1 aromatic heterocycles. The Bertz CT molecular complexity index is 1060. The van der Waals surface area contributed by atoms with E-state index in [4.69, 9.17) is 5.14 Å². The average Bonchev–Trinajstić information content (AvgIpc) is 3.00. The van der Waals surface area contributed by atoms with Crippen LogP contribution in [0, 0.1) is 13.8 Å². The molecular formula is C21H23N3O3S. The second-order valence-corrected chi connectivity index (χ2v) is 8.25. The maximum atomic E-state index is 12.3. The third-order valence-corrected chi connectivity index (χ3v) is 5.54. The SMILES string of the molecule is Cc1ccc(C)n1-c1ccc(C(=O)NCCc2ccc(S(N)(=O)=O)cc2)cc1. The van der Waals surface area contributed by atoms with Crippen molar-refractivity contribution >= 4 is 15.9 Å². The predicted octanol–water partition coefficient (Wildman–Crippen LogP) is 2.71. The summed E-state index contributed by atoms with van der Waals surface area (Å²) >= 11 is 0. The number of rotatable bonds is 6. The lowest BCUT2D eigenvalue weighted by molar-refractivity contribution is 0.0954. The van der Waals surface area contributed by atoms with E-state index in [9.17, 15) is 13.2 Å². The van der Waals surface area contributed by atoms with Crippen LogP contribution in [0.3, 0.4) is 0 Å². The first-order valence-electron chi connectivity index (χ1n) is 8.91. The van der Waals surface area contributed by atoms with E-state index in [1.165, 1.54) is 12.1 Å². The molecule has 1 amide bonds. The number of amides is 1. The number of aryl methyl sites for hydroxylation is 2. The van der Waals surface area contributed by atoms with E-state index in [1.807, 2.05) is 38.1 Å². The number of hydrogen-bond donors (Lipinski definition) is 2. The lowest BCUT2D eigenvalue weighted by Crippen LogP contribution is -2.25. The Morgan fingerprint density at radius 1 is 0.929 bits per heavy atom. The second-order valence-electron chi connectivity index (χ2n) is 6.69. The minimum atomic E-state index is -3.69. The highest BCUT2D eigenvalue weighted by molar-refractivity contribution is 7.89. The van der Waals surface area contributed by atoms with Crippen LogP contribution in [0.25, 0.3) is 5.69 Å². The molecule has 0 aliphatic carbocycles. The number of nitrogens with zero attached hydrogens (tertiary/aromatic N) is 1. The molecule has 0 fully saturated rings. The van der Waals surface area contributed by atoms with E-state index in [1.54, 1.807) is 12.1 Å². The number of sulfonamides is 1. The summed E-state index contributed by atoms with van der Waals surface area (Å²) in [7, 11) is -3.69. The highest BCUT2D eigenvalue weighted by Gasteiger charge is 2.09. The molecule has 28 heavy (non-hydrogen) atoms. The molecule has 0 bridgehead atoms. The molecule has 6 nitrogen and oxygen atoms in total. The molecule has 3 rings (SSSR count). The summed E-state index contributed by atoms with van der Waals surface area (Å²) < 4.78 is 24.7. The molecular weight excluding hydrogens is 374 g/mol. The van der Waals surface area contributed by atoms with Gasteiger partial charge in [0.1, 0.15) is 0 Å². The van der Waals surface area contributed by atoms with Gasteiger partial charge < -0.3 is 9.88 Å². The fourth-order valence-electron chi connectivity index (χ4n) is 3.11. The minimum Gasteiger partial charge on any atom is -0.352 e. The van der Waals surface area contributed by atoms with E-state index in [-0.39, 0.29) is 10.8 Å². The van der Waals surface area contributed by atoms with E-state index >= 15 is 0 Å². The van der Waals surface area contributed by atoms with Crippen molar-refractivity contribution in [2.75, 3.05) is 6.54 Å². The van der Waals surface area contributed by atoms with Crippen LogP contribution in [0.5, 0.6) is 0 Å². The molecule has 7 heteroatoms. The Morgan fingerprint density at radius 3 is 2.04 bits per heavy atom. The Kier molecular flexibility index (Phi) is 5.67. The van der Waals surface area contributed by atoms with Gasteiger partial charge in [0.05, 0.1) is 4.90 Å². The van der Waals surface area contributed by atoms with Crippen LogP contribution in [0.1, 0.15) is 27.3 Å². The summed E-state index contributed by atoms with van der Waals surface area (Å²) in [6, 6.07) is 17.9. The standard InChI is InChI=1S/C21H23N3O3S/c1-15-3-4-16(2)24(15)19-9-7-18(8-10-19)21(25)23-14-13-17-5-11-20(12-6-17)28(22,26)27/h3-12H,13-14H2,1-2H3,(H,23,25)(H2,22,26,27). The number of carbonyl (C=O) groups is 1. The van der Waals surface area contributed by atoms with Gasteiger partial charge in [-0.3, -0.25) is 4.79 Å². The third kappa shape index (κ3) is 4.49. The largest absolute Gasteiger partial charge is 0.352 e. The summed E-state index contributed by atoms with van der Waals surface area (Å²) in [6.07, 6.45) is 0.594. The van der Waals surface area contributed by atoms with E-state index in [2.05, 4.69) is 22.0 Å². The normalized spacial score (nSPS) is 11.4. The number of hydrogen-bond acceptors (Lipinski definition) is 3. The average molecular weight is 398 g/mol. The van der Waals surface area contributed by atoms with Crippen LogP contribution in [0.2, 0.25) is 0 Å². The second kappa shape index (κ2) is 8.00. The molecule has 0 aliphatic rings. The summed E-state index contributed by atoms with van der Waals surface area (Å²) in [6.45, 7) is 4.54. The molecule has 0 spiro atoms. The first-order chi connectivity index (χ1) is 13.3. The number of carbonyl (C=O) groups excluding carboxylic acids is 1.